The van der Waals surface area contributed by atoms with Gasteiger partial charge in [0.2, 0.25) is 0 Å². The van der Waals surface area contributed by atoms with E-state index in [0.29, 0.717) is 6.04 Å². The highest BCUT2D eigenvalue weighted by molar-refractivity contribution is 5.83. The third-order valence-electron chi connectivity index (χ3n) is 7.27. The minimum Gasteiger partial charge on any atom is -0.321 e. The number of aromatic amines is 1. The Morgan fingerprint density at radius 3 is 2.56 bits per heavy atom. The fourth-order valence-electron chi connectivity index (χ4n) is 5.53. The van der Waals surface area contributed by atoms with Gasteiger partial charge in [0.05, 0.1) is 11.6 Å². The molecule has 2 aliphatic rings. The number of piperazine rings is 1. The van der Waals surface area contributed by atoms with E-state index in [0.717, 1.165) is 73.4 Å². The highest BCUT2D eigenvalue weighted by Crippen LogP contribution is 2.34. The Kier molecular flexibility index (Phi) is 5.82. The summed E-state index contributed by atoms with van der Waals surface area (Å²) in [5, 5.41) is 14.0. The Hall–Kier alpha value is -2.58. The number of hydrogen-bond acceptors (Lipinski definition) is 6. The predicted octanol–water partition coefficient (Wildman–Crippen LogP) is 2.97. The Labute approximate surface area is 188 Å². The predicted molar refractivity (Wildman–Crippen MR) is 125 cm³/mol. The summed E-state index contributed by atoms with van der Waals surface area (Å²) in [5.74, 6) is 0.802. The Morgan fingerprint density at radius 2 is 1.84 bits per heavy atom. The highest BCUT2D eigenvalue weighted by Gasteiger charge is 2.34. The molecule has 5 rings (SSSR count). The van der Waals surface area contributed by atoms with Crippen molar-refractivity contribution in [2.24, 2.45) is 0 Å². The number of hydrogen-bond donors (Lipinski definition) is 1. The van der Waals surface area contributed by atoms with Crippen LogP contribution in [0.5, 0.6) is 0 Å². The van der Waals surface area contributed by atoms with Crippen LogP contribution >= 0.6 is 0 Å². The van der Waals surface area contributed by atoms with E-state index in [4.69, 9.17) is 0 Å². The van der Waals surface area contributed by atoms with E-state index >= 15 is 0 Å². The van der Waals surface area contributed by atoms with Crippen LogP contribution in [-0.4, -0.2) is 67.7 Å². The SMILES string of the molecule is CCN1CCN(C(c2cc3cc(C)cc(C)c3[nH]c2=O)c2nnnn2C2CCCC2)CC1. The minimum atomic E-state index is -0.251. The first-order chi connectivity index (χ1) is 15.5. The second kappa shape index (κ2) is 8.75. The van der Waals surface area contributed by atoms with Crippen LogP contribution in [0.4, 0.5) is 0 Å². The third-order valence-corrected chi connectivity index (χ3v) is 7.27. The Morgan fingerprint density at radius 1 is 1.09 bits per heavy atom. The van der Waals surface area contributed by atoms with Gasteiger partial charge in [-0.05, 0) is 66.7 Å². The standard InChI is InChI=1S/C24H33N7O/c1-4-29-9-11-30(12-10-29)22(23-26-27-28-31(23)19-7-5-6-8-19)20-15-18-14-16(2)13-17(3)21(18)25-24(20)32/h13-15,19,22H,4-12H2,1-3H3,(H,25,32). The molecule has 2 aromatic heterocycles. The molecule has 8 heteroatoms. The maximum Gasteiger partial charge on any atom is 0.253 e. The van der Waals surface area contributed by atoms with E-state index in [1.54, 1.807) is 0 Å². The van der Waals surface area contributed by atoms with Crippen LogP contribution in [0.1, 0.15) is 67.2 Å². The van der Waals surface area contributed by atoms with Crippen LogP contribution in [0.15, 0.2) is 23.0 Å². The summed E-state index contributed by atoms with van der Waals surface area (Å²) in [6.07, 6.45) is 4.61. The zero-order valence-electron chi connectivity index (χ0n) is 19.3. The molecule has 1 aliphatic carbocycles. The van der Waals surface area contributed by atoms with E-state index in [1.807, 2.05) is 11.6 Å². The molecule has 3 aromatic rings. The number of tetrazole rings is 1. The zero-order valence-corrected chi connectivity index (χ0v) is 19.3. The number of likely N-dealkylation sites (N-methyl/N-ethyl adjacent to an activating group) is 1. The number of aryl methyl sites for hydroxylation is 2. The topological polar surface area (TPSA) is 82.9 Å². The molecular formula is C24H33N7O. The summed E-state index contributed by atoms with van der Waals surface area (Å²) in [6, 6.07) is 6.40. The third kappa shape index (κ3) is 3.86. The van der Waals surface area contributed by atoms with E-state index in [1.165, 1.54) is 18.4 Å². The van der Waals surface area contributed by atoms with Crippen LogP contribution < -0.4 is 5.56 Å². The van der Waals surface area contributed by atoms with Gasteiger partial charge in [0.25, 0.3) is 5.56 Å². The first kappa shape index (κ1) is 21.3. The average Bonchev–Trinajstić information content (AvgIpc) is 3.47. The first-order valence-corrected chi connectivity index (χ1v) is 11.9. The van der Waals surface area contributed by atoms with E-state index in [9.17, 15) is 4.79 Å². The van der Waals surface area contributed by atoms with Crippen molar-refractivity contribution in [2.75, 3.05) is 32.7 Å². The lowest BCUT2D eigenvalue weighted by molar-refractivity contribution is 0.107. The van der Waals surface area contributed by atoms with Crippen molar-refractivity contribution in [1.82, 2.24) is 35.0 Å². The number of fused-ring (bicyclic) bond motifs is 1. The normalized spacial score (nSPS) is 19.7. The highest BCUT2D eigenvalue weighted by atomic mass is 16.1. The van der Waals surface area contributed by atoms with E-state index < -0.39 is 0 Å². The molecule has 1 unspecified atom stereocenters. The average molecular weight is 436 g/mol. The van der Waals surface area contributed by atoms with Crippen LogP contribution in [0.3, 0.4) is 0 Å². The van der Waals surface area contributed by atoms with Crippen LogP contribution in [0.25, 0.3) is 10.9 Å². The van der Waals surface area contributed by atoms with Gasteiger partial charge in [-0.1, -0.05) is 31.4 Å². The van der Waals surface area contributed by atoms with Crippen molar-refractivity contribution >= 4 is 10.9 Å². The molecule has 8 nitrogen and oxygen atoms in total. The lowest BCUT2D eigenvalue weighted by atomic mass is 10.00. The molecule has 0 radical (unpaired) electrons. The van der Waals surface area contributed by atoms with Crippen LogP contribution in [-0.2, 0) is 0 Å². The van der Waals surface area contributed by atoms with Crippen molar-refractivity contribution in [2.45, 2.75) is 58.5 Å². The molecule has 1 atom stereocenters. The maximum absolute atomic E-state index is 13.4. The van der Waals surface area contributed by atoms with Gasteiger partial charge in [-0.2, -0.15) is 0 Å². The molecule has 170 valence electrons. The van der Waals surface area contributed by atoms with Crippen LogP contribution in [0.2, 0.25) is 0 Å². The molecule has 0 spiro atoms. The molecule has 1 aliphatic heterocycles. The van der Waals surface area contributed by atoms with Gasteiger partial charge in [0.15, 0.2) is 5.82 Å². The number of aromatic nitrogens is 5. The number of pyridine rings is 1. The van der Waals surface area contributed by atoms with Crippen molar-refractivity contribution in [3.63, 3.8) is 0 Å². The molecule has 2 fully saturated rings. The van der Waals surface area contributed by atoms with Gasteiger partial charge in [0, 0.05) is 31.7 Å². The fraction of sp³-hybridized carbons (Fsp3) is 0.583. The van der Waals surface area contributed by atoms with Gasteiger partial charge in [-0.15, -0.1) is 5.10 Å². The lowest BCUT2D eigenvalue weighted by Crippen LogP contribution is -2.49. The number of nitrogens with zero attached hydrogens (tertiary/aromatic N) is 6. The monoisotopic (exact) mass is 435 g/mol. The number of nitrogens with one attached hydrogen (secondary N) is 1. The molecule has 3 heterocycles. The number of rotatable bonds is 5. The van der Waals surface area contributed by atoms with Gasteiger partial charge >= 0.3 is 0 Å². The van der Waals surface area contributed by atoms with Crippen molar-refractivity contribution in [3.05, 3.63) is 51.1 Å². The molecule has 1 aromatic carbocycles. The molecule has 0 bridgehead atoms. The molecule has 0 amide bonds. The Balaban J connectivity index is 1.63. The van der Waals surface area contributed by atoms with E-state index in [-0.39, 0.29) is 11.6 Å². The largest absolute Gasteiger partial charge is 0.321 e. The zero-order chi connectivity index (χ0) is 22.2. The van der Waals surface area contributed by atoms with Crippen molar-refractivity contribution in [1.29, 1.82) is 0 Å². The van der Waals surface area contributed by atoms with Gasteiger partial charge in [0.1, 0.15) is 6.04 Å². The van der Waals surface area contributed by atoms with Gasteiger partial charge in [-0.25, -0.2) is 4.68 Å². The van der Waals surface area contributed by atoms with E-state index in [2.05, 4.69) is 62.4 Å². The number of H-pyrrole nitrogens is 1. The Bertz CT molecular complexity index is 1150. The second-order valence-corrected chi connectivity index (χ2v) is 9.39. The summed E-state index contributed by atoms with van der Waals surface area (Å²) in [6.45, 7) is 11.1. The van der Waals surface area contributed by atoms with Gasteiger partial charge < -0.3 is 9.88 Å². The molecular weight excluding hydrogens is 402 g/mol. The lowest BCUT2D eigenvalue weighted by Gasteiger charge is -2.38. The first-order valence-electron chi connectivity index (χ1n) is 11.9. The summed E-state index contributed by atoms with van der Waals surface area (Å²) in [4.78, 5) is 21.4. The molecule has 32 heavy (non-hydrogen) atoms. The quantitative estimate of drug-likeness (QED) is 0.663. The second-order valence-electron chi connectivity index (χ2n) is 9.39. The number of benzene rings is 1. The fourth-order valence-corrected chi connectivity index (χ4v) is 5.53. The molecule has 1 N–H and O–H groups in total. The maximum atomic E-state index is 13.4. The smallest absolute Gasteiger partial charge is 0.253 e. The molecule has 1 saturated heterocycles. The van der Waals surface area contributed by atoms with Gasteiger partial charge in [-0.3, -0.25) is 9.69 Å². The summed E-state index contributed by atoms with van der Waals surface area (Å²) >= 11 is 0. The van der Waals surface area contributed by atoms with Crippen molar-refractivity contribution in [3.8, 4) is 0 Å². The summed E-state index contributed by atoms with van der Waals surface area (Å²) in [7, 11) is 0. The summed E-state index contributed by atoms with van der Waals surface area (Å²) < 4.78 is 2.01. The minimum absolute atomic E-state index is 0.0478. The molecule has 1 saturated carbocycles. The summed E-state index contributed by atoms with van der Waals surface area (Å²) in [5.41, 5.74) is 3.88. The van der Waals surface area contributed by atoms with Crippen LogP contribution in [0, 0.1) is 13.8 Å². The van der Waals surface area contributed by atoms with Crippen molar-refractivity contribution < 1.29 is 0 Å².